The van der Waals surface area contributed by atoms with Crippen LogP contribution in [0.1, 0.15) is 43.4 Å². The molecule has 0 bridgehead atoms. The van der Waals surface area contributed by atoms with Gasteiger partial charge in [0, 0.05) is 38.4 Å². The molecule has 7 heteroatoms. The number of aliphatic hydroxyl groups excluding tert-OH is 1. The molecule has 2 aromatic carbocycles. The lowest BCUT2D eigenvalue weighted by Crippen LogP contribution is -2.48. The van der Waals surface area contributed by atoms with Crippen LogP contribution in [0.3, 0.4) is 0 Å². The fourth-order valence-corrected chi connectivity index (χ4v) is 4.60. The van der Waals surface area contributed by atoms with Crippen molar-refractivity contribution in [1.29, 1.82) is 0 Å². The van der Waals surface area contributed by atoms with Crippen molar-refractivity contribution in [2.24, 2.45) is 7.05 Å². The van der Waals surface area contributed by atoms with Crippen LogP contribution in [0, 0.1) is 5.82 Å². The lowest BCUT2D eigenvalue weighted by molar-refractivity contribution is -0.0680. The number of hydrogen-bond donors (Lipinski definition) is 1. The molecule has 1 aliphatic heterocycles. The zero-order chi connectivity index (χ0) is 24.3. The first-order chi connectivity index (χ1) is 16.3. The molecule has 2 atom stereocenters. The number of carbonyl (C=O) groups excluding carboxylic acids is 1. The molecular formula is C27H29FN2O4. The Hall–Kier alpha value is -3.45. The summed E-state index contributed by atoms with van der Waals surface area (Å²) in [6.45, 7) is 2.39. The van der Waals surface area contributed by atoms with E-state index < -0.39 is 11.7 Å². The van der Waals surface area contributed by atoms with Crippen LogP contribution < -0.4 is 5.56 Å². The molecule has 178 valence electrons. The summed E-state index contributed by atoms with van der Waals surface area (Å²) in [5.74, 6) is -0.352. The van der Waals surface area contributed by atoms with E-state index >= 15 is 0 Å². The molecule has 1 aliphatic rings. The van der Waals surface area contributed by atoms with E-state index in [0.717, 1.165) is 16.7 Å². The zero-order valence-electron chi connectivity index (χ0n) is 19.4. The molecule has 1 saturated heterocycles. The number of carbonyl (C=O) groups is 1. The fraction of sp³-hybridized carbons (Fsp3) is 0.333. The number of benzene rings is 2. The van der Waals surface area contributed by atoms with Gasteiger partial charge in [-0.3, -0.25) is 4.79 Å². The normalized spacial score (nSPS) is 19.1. The van der Waals surface area contributed by atoms with Crippen molar-refractivity contribution >= 4 is 6.09 Å². The third-order valence-electron chi connectivity index (χ3n) is 6.68. The van der Waals surface area contributed by atoms with Crippen LogP contribution in [0.2, 0.25) is 0 Å². The van der Waals surface area contributed by atoms with Gasteiger partial charge in [0.2, 0.25) is 0 Å². The molecular weight excluding hydrogens is 435 g/mol. The Balaban J connectivity index is 1.53. The summed E-state index contributed by atoms with van der Waals surface area (Å²) >= 11 is 0. The highest BCUT2D eigenvalue weighted by atomic mass is 19.1. The number of aryl methyl sites for hydroxylation is 1. The van der Waals surface area contributed by atoms with E-state index in [1.807, 2.05) is 37.3 Å². The first-order valence-electron chi connectivity index (χ1n) is 11.5. The second-order valence-electron chi connectivity index (χ2n) is 8.78. The number of pyridine rings is 1. The first-order valence-corrected chi connectivity index (χ1v) is 11.5. The highest BCUT2D eigenvalue weighted by molar-refractivity contribution is 5.70. The number of hydrogen-bond acceptors (Lipinski definition) is 4. The van der Waals surface area contributed by atoms with Crippen LogP contribution in [0.15, 0.2) is 71.7 Å². The summed E-state index contributed by atoms with van der Waals surface area (Å²) in [4.78, 5) is 27.2. The number of ether oxygens (including phenoxy) is 1. The average Bonchev–Trinajstić information content (AvgIpc) is 2.85. The number of halogens is 1. The van der Waals surface area contributed by atoms with Crippen LogP contribution in [0.5, 0.6) is 0 Å². The van der Waals surface area contributed by atoms with E-state index in [0.29, 0.717) is 31.4 Å². The maximum absolute atomic E-state index is 13.5. The molecule has 2 heterocycles. The molecule has 2 unspecified atom stereocenters. The third kappa shape index (κ3) is 4.61. The van der Waals surface area contributed by atoms with Gasteiger partial charge >= 0.3 is 6.09 Å². The van der Waals surface area contributed by atoms with E-state index in [9.17, 15) is 19.1 Å². The summed E-state index contributed by atoms with van der Waals surface area (Å²) in [6, 6.07) is 17.0. The Morgan fingerprint density at radius 2 is 1.79 bits per heavy atom. The third-order valence-corrected chi connectivity index (χ3v) is 6.68. The van der Waals surface area contributed by atoms with Crippen LogP contribution in [0.25, 0.3) is 11.1 Å². The average molecular weight is 465 g/mol. The number of rotatable bonds is 7. The number of cyclic esters (lactones) is 1. The van der Waals surface area contributed by atoms with Crippen LogP contribution in [0.4, 0.5) is 9.18 Å². The molecule has 34 heavy (non-hydrogen) atoms. The fourth-order valence-electron chi connectivity index (χ4n) is 4.60. The number of nitrogens with zero attached hydrogens (tertiary/aromatic N) is 2. The Labute approximate surface area is 198 Å². The minimum Gasteiger partial charge on any atom is -0.438 e. The Bertz CT molecular complexity index is 1210. The second kappa shape index (κ2) is 9.81. The highest BCUT2D eigenvalue weighted by Crippen LogP contribution is 2.40. The van der Waals surface area contributed by atoms with E-state index in [1.54, 1.807) is 40.9 Å². The number of amides is 1. The molecule has 0 saturated carbocycles. The van der Waals surface area contributed by atoms with Gasteiger partial charge in [-0.25, -0.2) is 9.18 Å². The van der Waals surface area contributed by atoms with E-state index in [1.165, 1.54) is 12.1 Å². The molecule has 3 aromatic rings. The molecule has 0 radical (unpaired) electrons. The van der Waals surface area contributed by atoms with Gasteiger partial charge in [-0.15, -0.1) is 0 Å². The largest absolute Gasteiger partial charge is 0.438 e. The predicted octanol–water partition coefficient (Wildman–Crippen LogP) is 4.76. The van der Waals surface area contributed by atoms with Gasteiger partial charge in [0.05, 0.1) is 6.04 Å². The second-order valence-corrected chi connectivity index (χ2v) is 8.78. The smallest absolute Gasteiger partial charge is 0.411 e. The molecule has 0 aliphatic carbocycles. The standard InChI is InChI=1S/C27H29FN2O4/c1-19(20-6-8-21(9-7-20)24-5-3-16-29(2)25(24)32)30-17-15-27(14-4-18-31,34-26(30)33)22-10-12-23(28)13-11-22/h3,5-13,16,19,31H,4,14-15,17-18H2,1-2H3. The molecule has 1 amide bonds. The minimum absolute atomic E-state index is 0.0164. The van der Waals surface area contributed by atoms with Crippen LogP contribution in [-0.4, -0.2) is 33.8 Å². The van der Waals surface area contributed by atoms with Crippen molar-refractivity contribution in [2.75, 3.05) is 13.2 Å². The monoisotopic (exact) mass is 464 g/mol. The van der Waals surface area contributed by atoms with Crippen molar-refractivity contribution in [3.05, 3.63) is 94.2 Å². The van der Waals surface area contributed by atoms with Gasteiger partial charge in [-0.1, -0.05) is 36.4 Å². The quantitative estimate of drug-likeness (QED) is 0.547. The first kappa shape index (κ1) is 23.7. The maximum Gasteiger partial charge on any atom is 0.411 e. The van der Waals surface area contributed by atoms with E-state index in [-0.39, 0.29) is 24.0 Å². The molecule has 0 spiro atoms. The van der Waals surface area contributed by atoms with E-state index in [4.69, 9.17) is 4.74 Å². The summed E-state index contributed by atoms with van der Waals surface area (Å²) in [5.41, 5.74) is 2.14. The summed E-state index contributed by atoms with van der Waals surface area (Å²) < 4.78 is 21.0. The molecule has 1 N–H and O–H groups in total. The summed E-state index contributed by atoms with van der Waals surface area (Å²) in [6.07, 6.45) is 2.75. The lowest BCUT2D eigenvalue weighted by Gasteiger charge is -2.43. The van der Waals surface area contributed by atoms with Crippen molar-refractivity contribution < 1.29 is 19.0 Å². The SMILES string of the molecule is CC(c1ccc(-c2cccn(C)c2=O)cc1)N1CCC(CCCO)(c2ccc(F)cc2)OC1=O. The van der Waals surface area contributed by atoms with Gasteiger partial charge in [-0.2, -0.15) is 0 Å². The van der Waals surface area contributed by atoms with Gasteiger partial charge in [0.25, 0.3) is 5.56 Å². The van der Waals surface area contributed by atoms with E-state index in [2.05, 4.69) is 0 Å². The van der Waals surface area contributed by atoms with Crippen LogP contribution >= 0.6 is 0 Å². The molecule has 1 fully saturated rings. The number of aromatic nitrogens is 1. The van der Waals surface area contributed by atoms with Crippen molar-refractivity contribution in [3.8, 4) is 11.1 Å². The summed E-state index contributed by atoms with van der Waals surface area (Å²) in [5, 5.41) is 9.36. The predicted molar refractivity (Wildman–Crippen MR) is 128 cm³/mol. The van der Waals surface area contributed by atoms with Crippen LogP contribution in [-0.2, 0) is 17.4 Å². The lowest BCUT2D eigenvalue weighted by atomic mass is 9.84. The molecule has 6 nitrogen and oxygen atoms in total. The molecule has 1 aromatic heterocycles. The topological polar surface area (TPSA) is 71.8 Å². The highest BCUT2D eigenvalue weighted by Gasteiger charge is 2.43. The van der Waals surface area contributed by atoms with Gasteiger partial charge in [0.15, 0.2) is 0 Å². The van der Waals surface area contributed by atoms with Gasteiger partial charge in [-0.05, 0) is 60.7 Å². The maximum atomic E-state index is 13.5. The van der Waals surface area contributed by atoms with Gasteiger partial charge < -0.3 is 19.3 Å². The Kier molecular flexibility index (Phi) is 6.84. The van der Waals surface area contributed by atoms with Crippen molar-refractivity contribution in [1.82, 2.24) is 9.47 Å². The Morgan fingerprint density at radius 1 is 1.09 bits per heavy atom. The summed E-state index contributed by atoms with van der Waals surface area (Å²) in [7, 11) is 1.72. The van der Waals surface area contributed by atoms with Crippen molar-refractivity contribution in [2.45, 2.75) is 37.8 Å². The molecule has 4 rings (SSSR count). The Morgan fingerprint density at radius 3 is 2.44 bits per heavy atom. The van der Waals surface area contributed by atoms with Gasteiger partial charge in [0.1, 0.15) is 11.4 Å². The number of aliphatic hydroxyl groups is 1. The minimum atomic E-state index is -0.888. The van der Waals surface area contributed by atoms with Crippen molar-refractivity contribution in [3.63, 3.8) is 0 Å². The zero-order valence-corrected chi connectivity index (χ0v) is 19.4.